The van der Waals surface area contributed by atoms with Gasteiger partial charge < -0.3 is 5.32 Å². The molecular formula is C24H27N5O3. The molecule has 1 aliphatic heterocycles. The van der Waals surface area contributed by atoms with E-state index in [1.165, 1.54) is 28.0 Å². The summed E-state index contributed by atoms with van der Waals surface area (Å²) in [4.78, 5) is 46.5. The molecule has 166 valence electrons. The molecule has 0 saturated heterocycles. The maximum absolute atomic E-state index is 12.8. The van der Waals surface area contributed by atoms with Crippen LogP contribution in [0.15, 0.2) is 46.1 Å². The average Bonchev–Trinajstić information content (AvgIpc) is 3.64. The number of hydrogen-bond donors (Lipinski definition) is 2. The van der Waals surface area contributed by atoms with Crippen molar-refractivity contribution in [1.82, 2.24) is 24.8 Å². The third-order valence-corrected chi connectivity index (χ3v) is 6.60. The summed E-state index contributed by atoms with van der Waals surface area (Å²) in [6, 6.07) is 10.4. The minimum atomic E-state index is -0.512. The summed E-state index contributed by atoms with van der Waals surface area (Å²) in [6.07, 6.45) is 5.18. The van der Waals surface area contributed by atoms with Gasteiger partial charge in [-0.25, -0.2) is 9.78 Å². The zero-order valence-electron chi connectivity index (χ0n) is 18.1. The van der Waals surface area contributed by atoms with Crippen LogP contribution in [0.5, 0.6) is 0 Å². The van der Waals surface area contributed by atoms with E-state index >= 15 is 0 Å². The number of aromatic amines is 1. The van der Waals surface area contributed by atoms with Crippen LogP contribution in [0.3, 0.4) is 0 Å². The molecule has 0 radical (unpaired) electrons. The van der Waals surface area contributed by atoms with Gasteiger partial charge in [-0.05, 0) is 42.9 Å². The molecule has 1 atom stereocenters. The first-order chi connectivity index (χ1) is 15.5. The summed E-state index contributed by atoms with van der Waals surface area (Å²) in [6.45, 7) is 4.51. The van der Waals surface area contributed by atoms with Crippen molar-refractivity contribution in [1.29, 1.82) is 0 Å². The predicted molar refractivity (Wildman–Crippen MR) is 122 cm³/mol. The molecule has 5 rings (SSSR count). The number of carbonyl (C=O) groups is 1. The molecule has 32 heavy (non-hydrogen) atoms. The Labute approximate surface area is 185 Å². The second kappa shape index (κ2) is 8.35. The molecule has 3 aromatic rings. The minimum absolute atomic E-state index is 0.0778. The topological polar surface area (TPSA) is 100 Å². The molecule has 0 bridgehead atoms. The second-order valence-electron chi connectivity index (χ2n) is 8.72. The van der Waals surface area contributed by atoms with Crippen molar-refractivity contribution >= 4 is 16.9 Å². The van der Waals surface area contributed by atoms with E-state index in [1.807, 2.05) is 0 Å². The van der Waals surface area contributed by atoms with Crippen molar-refractivity contribution in [2.45, 2.75) is 51.2 Å². The van der Waals surface area contributed by atoms with Crippen molar-refractivity contribution in [3.05, 3.63) is 74.1 Å². The summed E-state index contributed by atoms with van der Waals surface area (Å²) in [5.74, 6) is -0.265. The Hall–Kier alpha value is -3.26. The lowest BCUT2D eigenvalue weighted by Crippen LogP contribution is -2.45. The van der Waals surface area contributed by atoms with Gasteiger partial charge in [0, 0.05) is 37.9 Å². The highest BCUT2D eigenvalue weighted by atomic mass is 16.2. The maximum atomic E-state index is 12.8. The van der Waals surface area contributed by atoms with Crippen molar-refractivity contribution in [2.24, 2.45) is 0 Å². The summed E-state index contributed by atoms with van der Waals surface area (Å²) in [5.41, 5.74) is 2.47. The van der Waals surface area contributed by atoms with Gasteiger partial charge in [0.1, 0.15) is 5.65 Å². The molecule has 3 heterocycles. The first-order valence-electron chi connectivity index (χ1n) is 11.3. The zero-order chi connectivity index (χ0) is 22.2. The lowest BCUT2D eigenvalue weighted by molar-refractivity contribution is 0.0926. The van der Waals surface area contributed by atoms with E-state index in [0.717, 1.165) is 38.8 Å². The highest BCUT2D eigenvalue weighted by molar-refractivity contribution is 5.96. The van der Waals surface area contributed by atoms with E-state index in [1.54, 1.807) is 0 Å². The van der Waals surface area contributed by atoms with E-state index in [-0.39, 0.29) is 23.4 Å². The lowest BCUT2D eigenvalue weighted by atomic mass is 9.98. The number of benzene rings is 1. The largest absolute Gasteiger partial charge is 0.350 e. The van der Waals surface area contributed by atoms with Crippen molar-refractivity contribution in [3.8, 4) is 0 Å². The Balaban J connectivity index is 1.31. The molecule has 8 nitrogen and oxygen atoms in total. The first kappa shape index (κ1) is 20.6. The quantitative estimate of drug-likeness (QED) is 0.619. The molecule has 0 spiro atoms. The lowest BCUT2D eigenvalue weighted by Gasteiger charge is -2.35. The number of H-pyrrole nitrogens is 1. The molecular weight excluding hydrogens is 406 g/mol. The molecule has 1 unspecified atom stereocenters. The fourth-order valence-corrected chi connectivity index (χ4v) is 4.61. The number of rotatable bonds is 6. The van der Waals surface area contributed by atoms with Crippen molar-refractivity contribution < 1.29 is 4.79 Å². The number of nitrogens with zero attached hydrogens (tertiary/aromatic N) is 3. The van der Waals surface area contributed by atoms with Gasteiger partial charge in [0.05, 0.1) is 10.9 Å². The molecule has 2 N–H and O–H groups in total. The Bertz CT molecular complexity index is 1290. The Kier molecular flexibility index (Phi) is 5.38. The molecule has 1 aromatic carbocycles. The maximum Gasteiger partial charge on any atom is 0.330 e. The van der Waals surface area contributed by atoms with E-state index in [4.69, 9.17) is 0 Å². The van der Waals surface area contributed by atoms with Crippen LogP contribution in [0.1, 0.15) is 53.7 Å². The molecule has 1 amide bonds. The van der Waals surface area contributed by atoms with Crippen molar-refractivity contribution in [3.63, 3.8) is 0 Å². The monoisotopic (exact) mass is 433 g/mol. The van der Waals surface area contributed by atoms with Crippen LogP contribution < -0.4 is 16.6 Å². The summed E-state index contributed by atoms with van der Waals surface area (Å²) in [5, 5.41) is 3.28. The van der Waals surface area contributed by atoms with Gasteiger partial charge in [-0.1, -0.05) is 31.2 Å². The Morgan fingerprint density at radius 3 is 2.78 bits per heavy atom. The normalized spacial score (nSPS) is 17.2. The number of pyridine rings is 1. The summed E-state index contributed by atoms with van der Waals surface area (Å²) < 4.78 is 1.53. The molecule has 2 aromatic heterocycles. The number of nitrogens with one attached hydrogen (secondary N) is 2. The average molecular weight is 434 g/mol. The molecule has 8 heteroatoms. The van der Waals surface area contributed by atoms with Crippen LogP contribution in [0, 0.1) is 0 Å². The van der Waals surface area contributed by atoms with Crippen molar-refractivity contribution in [2.75, 3.05) is 13.1 Å². The standard InChI is InChI=1S/C24H27N5O3/c1-2-18(28-10-9-15-5-3-4-6-16(15)14-28)13-26-22(30)17-11-20-21(25-12-17)29(19-7-8-19)24(32)27-23(20)31/h3-6,11-12,18-19H,2,7-10,13-14H2,1H3,(H,26,30)(H,27,31,32). The van der Waals surface area contributed by atoms with E-state index in [0.29, 0.717) is 17.8 Å². The number of hydrogen-bond acceptors (Lipinski definition) is 5. The fourth-order valence-electron chi connectivity index (χ4n) is 4.61. The summed E-state index contributed by atoms with van der Waals surface area (Å²) in [7, 11) is 0. The molecule has 2 aliphatic rings. The van der Waals surface area contributed by atoms with Crippen LogP contribution in [0.4, 0.5) is 0 Å². The van der Waals surface area contributed by atoms with Crippen LogP contribution in [-0.2, 0) is 13.0 Å². The number of aromatic nitrogens is 3. The van der Waals surface area contributed by atoms with E-state index in [2.05, 4.69) is 51.4 Å². The third-order valence-electron chi connectivity index (χ3n) is 6.60. The minimum Gasteiger partial charge on any atom is -0.350 e. The molecule has 1 saturated carbocycles. The highest BCUT2D eigenvalue weighted by Gasteiger charge is 2.28. The van der Waals surface area contributed by atoms with E-state index in [9.17, 15) is 14.4 Å². The third kappa shape index (κ3) is 3.86. The van der Waals surface area contributed by atoms with Gasteiger partial charge >= 0.3 is 5.69 Å². The van der Waals surface area contributed by atoms with Gasteiger partial charge in [0.25, 0.3) is 11.5 Å². The second-order valence-corrected chi connectivity index (χ2v) is 8.72. The SMILES string of the molecule is CCC(CNC(=O)c1cnc2c(c1)c(=O)[nH]c(=O)n2C1CC1)N1CCc2ccccc2C1. The van der Waals surface area contributed by atoms with Gasteiger partial charge in [-0.2, -0.15) is 0 Å². The van der Waals surface area contributed by atoms with Gasteiger partial charge in [0.15, 0.2) is 0 Å². The van der Waals surface area contributed by atoms with Gasteiger partial charge in [0.2, 0.25) is 0 Å². The zero-order valence-corrected chi connectivity index (χ0v) is 18.1. The predicted octanol–water partition coefficient (Wildman–Crippen LogP) is 1.99. The fraction of sp³-hybridized carbons (Fsp3) is 0.417. The highest BCUT2D eigenvalue weighted by Crippen LogP contribution is 2.34. The Morgan fingerprint density at radius 2 is 2.03 bits per heavy atom. The van der Waals surface area contributed by atoms with Crippen LogP contribution >= 0.6 is 0 Å². The van der Waals surface area contributed by atoms with Gasteiger partial charge in [-0.15, -0.1) is 0 Å². The van der Waals surface area contributed by atoms with E-state index < -0.39 is 11.2 Å². The van der Waals surface area contributed by atoms with Crippen LogP contribution in [0.25, 0.3) is 11.0 Å². The molecule has 1 aliphatic carbocycles. The van der Waals surface area contributed by atoms with Gasteiger partial charge in [-0.3, -0.25) is 24.0 Å². The number of carbonyl (C=O) groups excluding carboxylic acids is 1. The summed E-state index contributed by atoms with van der Waals surface area (Å²) >= 11 is 0. The number of fused-ring (bicyclic) bond motifs is 2. The smallest absolute Gasteiger partial charge is 0.330 e. The van der Waals surface area contributed by atoms with Crippen LogP contribution in [0.2, 0.25) is 0 Å². The first-order valence-corrected chi connectivity index (χ1v) is 11.3. The number of amides is 1. The Morgan fingerprint density at radius 1 is 1.25 bits per heavy atom. The molecule has 1 fully saturated rings. The van der Waals surface area contributed by atoms with Crippen LogP contribution in [-0.4, -0.2) is 44.5 Å².